The van der Waals surface area contributed by atoms with Gasteiger partial charge in [-0.2, -0.15) is 0 Å². The zero-order chi connectivity index (χ0) is 28.6. The Morgan fingerprint density at radius 1 is 1.07 bits per heavy atom. The second kappa shape index (κ2) is 17.8. The number of amides is 2. The van der Waals surface area contributed by atoms with E-state index in [1.54, 1.807) is 29.2 Å². The summed E-state index contributed by atoms with van der Waals surface area (Å²) in [6.07, 6.45) is 4.71. The molecule has 1 unspecified atom stereocenters. The molecule has 3 N–H and O–H groups in total. The highest BCUT2D eigenvalue weighted by molar-refractivity contribution is 5.82. The number of hydrogen-bond donors (Lipinski definition) is 3. The average molecular weight is 566 g/mol. The van der Waals surface area contributed by atoms with Gasteiger partial charge in [-0.3, -0.25) is 14.4 Å². The van der Waals surface area contributed by atoms with Crippen molar-refractivity contribution in [2.45, 2.75) is 51.0 Å². The van der Waals surface area contributed by atoms with Crippen LogP contribution in [0.2, 0.25) is 0 Å². The van der Waals surface area contributed by atoms with E-state index in [0.29, 0.717) is 63.0 Å². The number of carbonyl (C=O) groups excluding carboxylic acids is 2. The van der Waals surface area contributed by atoms with Crippen molar-refractivity contribution in [3.8, 4) is 5.75 Å². The first-order valence-corrected chi connectivity index (χ1v) is 14.4. The van der Waals surface area contributed by atoms with Crippen molar-refractivity contribution in [1.29, 1.82) is 0 Å². The minimum Gasteiger partial charge on any atom is -0.491 e. The zero-order valence-corrected chi connectivity index (χ0v) is 23.3. The summed E-state index contributed by atoms with van der Waals surface area (Å²) in [6.45, 7) is 3.77. The first kappa shape index (κ1) is 31.8. The standard InChI is InChI=1S/C29H44FN3O7/c30-10-14-38-15-16-39-17-18-40-25-5-1-3-23(19-25)26(20-28(35)36)32-29(37)24-4-2-13-33(21-24)27(34)7-6-22-8-11-31-12-9-22/h1,3,5,19,22,24,26,31H,2,4,6-18,20-21H2,(H,32,37)(H,35,36)/t24-,26?/m1/s1. The molecule has 2 amide bonds. The molecule has 10 nitrogen and oxygen atoms in total. The third-order valence-electron chi connectivity index (χ3n) is 7.42. The zero-order valence-electron chi connectivity index (χ0n) is 23.3. The normalized spacial score (nSPS) is 18.7. The molecule has 2 fully saturated rings. The predicted molar refractivity (Wildman–Crippen MR) is 147 cm³/mol. The molecule has 3 rings (SSSR count). The van der Waals surface area contributed by atoms with Crippen molar-refractivity contribution in [1.82, 2.24) is 15.5 Å². The third-order valence-corrected chi connectivity index (χ3v) is 7.42. The van der Waals surface area contributed by atoms with E-state index in [1.807, 2.05) is 0 Å². The van der Waals surface area contributed by atoms with E-state index >= 15 is 0 Å². The Hall–Kier alpha value is -2.76. The van der Waals surface area contributed by atoms with Crippen LogP contribution in [-0.4, -0.2) is 93.7 Å². The fraction of sp³-hybridized carbons (Fsp3) is 0.690. The number of likely N-dealkylation sites (tertiary alicyclic amines) is 1. The summed E-state index contributed by atoms with van der Waals surface area (Å²) < 4.78 is 28.1. The van der Waals surface area contributed by atoms with Crippen LogP contribution in [0, 0.1) is 11.8 Å². The molecule has 0 radical (unpaired) electrons. The van der Waals surface area contributed by atoms with E-state index in [-0.39, 0.29) is 37.4 Å². The lowest BCUT2D eigenvalue weighted by atomic mass is 9.92. The highest BCUT2D eigenvalue weighted by Crippen LogP contribution is 2.25. The first-order valence-electron chi connectivity index (χ1n) is 14.4. The third kappa shape index (κ3) is 11.4. The first-order chi connectivity index (χ1) is 19.5. The Bertz CT molecular complexity index is 929. The van der Waals surface area contributed by atoms with Crippen LogP contribution in [0.25, 0.3) is 0 Å². The van der Waals surface area contributed by atoms with E-state index in [4.69, 9.17) is 14.2 Å². The maximum Gasteiger partial charge on any atom is 0.305 e. The van der Waals surface area contributed by atoms with Crippen molar-refractivity contribution in [2.24, 2.45) is 11.8 Å². The Balaban J connectivity index is 1.49. The van der Waals surface area contributed by atoms with Gasteiger partial charge in [0.2, 0.25) is 11.8 Å². The lowest BCUT2D eigenvalue weighted by Crippen LogP contribution is -2.46. The van der Waals surface area contributed by atoms with Crippen LogP contribution in [0.15, 0.2) is 24.3 Å². The number of nitrogens with one attached hydrogen (secondary N) is 2. The molecular weight excluding hydrogens is 521 g/mol. The van der Waals surface area contributed by atoms with Crippen molar-refractivity contribution in [3.05, 3.63) is 29.8 Å². The summed E-state index contributed by atoms with van der Waals surface area (Å²) in [5, 5.41) is 15.8. The molecule has 2 saturated heterocycles. The molecule has 0 spiro atoms. The summed E-state index contributed by atoms with van der Waals surface area (Å²) >= 11 is 0. The lowest BCUT2D eigenvalue weighted by Gasteiger charge is -2.33. The molecule has 0 aliphatic carbocycles. The molecule has 2 heterocycles. The van der Waals surface area contributed by atoms with Crippen LogP contribution in [0.1, 0.15) is 56.6 Å². The number of carboxylic acids is 1. The molecule has 2 aliphatic rings. The molecule has 0 aromatic heterocycles. The number of piperidine rings is 2. The number of rotatable bonds is 17. The molecule has 224 valence electrons. The van der Waals surface area contributed by atoms with Crippen molar-refractivity contribution < 1.29 is 38.1 Å². The highest BCUT2D eigenvalue weighted by Gasteiger charge is 2.30. The van der Waals surface area contributed by atoms with E-state index in [1.165, 1.54) is 0 Å². The molecule has 1 aromatic rings. The van der Waals surface area contributed by atoms with Gasteiger partial charge in [0.25, 0.3) is 0 Å². The van der Waals surface area contributed by atoms with Gasteiger partial charge in [-0.15, -0.1) is 0 Å². The highest BCUT2D eigenvalue weighted by atomic mass is 19.1. The minimum absolute atomic E-state index is 0.0520. The molecule has 0 bridgehead atoms. The molecule has 40 heavy (non-hydrogen) atoms. The summed E-state index contributed by atoms with van der Waals surface area (Å²) in [5.41, 5.74) is 0.625. The number of ether oxygens (including phenoxy) is 3. The number of aliphatic carboxylic acids is 1. The SMILES string of the molecule is O=C(O)CC(NC(=O)[C@@H]1CCCN(C(=O)CCC2CCNCC2)C1)c1cccc(OCCOCCOCCF)c1. The summed E-state index contributed by atoms with van der Waals surface area (Å²) in [6, 6.07) is 6.25. The summed E-state index contributed by atoms with van der Waals surface area (Å²) in [4.78, 5) is 39.5. The summed E-state index contributed by atoms with van der Waals surface area (Å²) in [5.74, 6) is -0.443. The number of halogens is 1. The van der Waals surface area contributed by atoms with Crippen molar-refractivity contribution >= 4 is 17.8 Å². The van der Waals surface area contributed by atoms with Gasteiger partial charge < -0.3 is 34.9 Å². The van der Waals surface area contributed by atoms with Gasteiger partial charge >= 0.3 is 5.97 Å². The van der Waals surface area contributed by atoms with E-state index < -0.39 is 18.7 Å². The number of carbonyl (C=O) groups is 3. The van der Waals surface area contributed by atoms with E-state index in [0.717, 1.165) is 38.8 Å². The van der Waals surface area contributed by atoms with Crippen LogP contribution in [0.3, 0.4) is 0 Å². The molecular formula is C29H44FN3O7. The summed E-state index contributed by atoms with van der Waals surface area (Å²) in [7, 11) is 0. The maximum absolute atomic E-state index is 13.2. The van der Waals surface area contributed by atoms with Gasteiger partial charge in [0, 0.05) is 19.5 Å². The average Bonchev–Trinajstić information content (AvgIpc) is 2.97. The van der Waals surface area contributed by atoms with Crippen LogP contribution in [-0.2, 0) is 23.9 Å². The minimum atomic E-state index is -1.03. The Morgan fingerprint density at radius 3 is 2.58 bits per heavy atom. The predicted octanol–water partition coefficient (Wildman–Crippen LogP) is 2.72. The van der Waals surface area contributed by atoms with Crippen LogP contribution >= 0.6 is 0 Å². The van der Waals surface area contributed by atoms with E-state index in [2.05, 4.69) is 10.6 Å². The number of carboxylic acid groups (broad SMARTS) is 1. The van der Waals surface area contributed by atoms with Crippen LogP contribution < -0.4 is 15.4 Å². The van der Waals surface area contributed by atoms with Crippen molar-refractivity contribution in [3.63, 3.8) is 0 Å². The van der Waals surface area contributed by atoms with Gasteiger partial charge in [-0.25, -0.2) is 4.39 Å². The Kier molecular flexibility index (Phi) is 14.2. The number of hydrogen-bond acceptors (Lipinski definition) is 7. The molecule has 0 saturated carbocycles. The Morgan fingerprint density at radius 2 is 1.82 bits per heavy atom. The van der Waals surface area contributed by atoms with Gasteiger partial charge in [-0.1, -0.05) is 12.1 Å². The number of benzene rings is 1. The monoisotopic (exact) mass is 565 g/mol. The number of nitrogens with zero attached hydrogens (tertiary/aromatic N) is 1. The lowest BCUT2D eigenvalue weighted by molar-refractivity contribution is -0.138. The fourth-order valence-corrected chi connectivity index (χ4v) is 5.21. The quantitative estimate of drug-likeness (QED) is 0.246. The topological polar surface area (TPSA) is 126 Å². The van der Waals surface area contributed by atoms with Gasteiger partial charge in [0.15, 0.2) is 0 Å². The largest absolute Gasteiger partial charge is 0.491 e. The van der Waals surface area contributed by atoms with Crippen LogP contribution in [0.4, 0.5) is 4.39 Å². The molecule has 1 aromatic carbocycles. The van der Waals surface area contributed by atoms with Crippen LogP contribution in [0.5, 0.6) is 5.75 Å². The second-order valence-corrected chi connectivity index (χ2v) is 10.4. The van der Waals surface area contributed by atoms with Gasteiger partial charge in [0.05, 0.1) is 44.8 Å². The second-order valence-electron chi connectivity index (χ2n) is 10.4. The molecule has 2 atom stereocenters. The molecule has 11 heteroatoms. The Labute approximate surface area is 235 Å². The fourth-order valence-electron chi connectivity index (χ4n) is 5.21. The van der Waals surface area contributed by atoms with Gasteiger partial charge in [-0.05, 0) is 68.8 Å². The smallest absolute Gasteiger partial charge is 0.305 e. The molecule has 2 aliphatic heterocycles. The maximum atomic E-state index is 13.2. The number of alkyl halides is 1. The van der Waals surface area contributed by atoms with Crippen molar-refractivity contribution in [2.75, 3.05) is 65.9 Å². The van der Waals surface area contributed by atoms with E-state index in [9.17, 15) is 23.9 Å². The van der Waals surface area contributed by atoms with Gasteiger partial charge in [0.1, 0.15) is 19.0 Å².